The molecule has 1 rings (SSSR count). The molecule has 1 amide bonds. The van der Waals surface area contributed by atoms with E-state index in [1.54, 1.807) is 0 Å². The zero-order valence-corrected chi connectivity index (χ0v) is 7.88. The standard InChI is InChI=1S/C9H17N3O/c10-8(13)4-1-2-6-11-9-5-3-7-12-9/h1-7H2,(H2,10,13)(H,11,12). The summed E-state index contributed by atoms with van der Waals surface area (Å²) in [6.45, 7) is 1.87. The number of nitrogens with two attached hydrogens (primary N) is 1. The number of primary amides is 1. The molecule has 3 N–H and O–H groups in total. The molecule has 0 saturated heterocycles. The number of hydrogen-bond donors (Lipinski definition) is 2. The maximum Gasteiger partial charge on any atom is 0.217 e. The fraction of sp³-hybridized carbons (Fsp3) is 0.778. The highest BCUT2D eigenvalue weighted by Crippen LogP contribution is 2.01. The van der Waals surface area contributed by atoms with Crippen LogP contribution in [0.1, 0.15) is 32.1 Å². The van der Waals surface area contributed by atoms with E-state index in [0.717, 1.165) is 38.2 Å². The zero-order chi connectivity index (χ0) is 9.52. The van der Waals surface area contributed by atoms with Crippen LogP contribution in [-0.2, 0) is 4.79 Å². The Hall–Kier alpha value is -1.06. The molecule has 1 heterocycles. The van der Waals surface area contributed by atoms with Crippen molar-refractivity contribution in [2.75, 3.05) is 13.1 Å². The molecule has 0 radical (unpaired) electrons. The van der Waals surface area contributed by atoms with E-state index in [-0.39, 0.29) is 5.91 Å². The number of nitrogens with zero attached hydrogens (tertiary/aromatic N) is 1. The van der Waals surface area contributed by atoms with Crippen molar-refractivity contribution >= 4 is 11.7 Å². The second kappa shape index (κ2) is 5.56. The summed E-state index contributed by atoms with van der Waals surface area (Å²) in [6, 6.07) is 0. The van der Waals surface area contributed by atoms with Gasteiger partial charge in [-0.05, 0) is 19.3 Å². The first-order valence-electron chi connectivity index (χ1n) is 4.84. The van der Waals surface area contributed by atoms with Gasteiger partial charge < -0.3 is 11.1 Å². The Morgan fingerprint density at radius 2 is 2.38 bits per heavy atom. The summed E-state index contributed by atoms with van der Waals surface area (Å²) in [4.78, 5) is 14.7. The zero-order valence-electron chi connectivity index (χ0n) is 7.88. The Morgan fingerprint density at radius 3 is 3.00 bits per heavy atom. The van der Waals surface area contributed by atoms with Gasteiger partial charge in [-0.1, -0.05) is 0 Å². The van der Waals surface area contributed by atoms with E-state index in [4.69, 9.17) is 5.73 Å². The van der Waals surface area contributed by atoms with Crippen LogP contribution in [-0.4, -0.2) is 24.8 Å². The lowest BCUT2D eigenvalue weighted by molar-refractivity contribution is -0.118. The van der Waals surface area contributed by atoms with Gasteiger partial charge in [-0.3, -0.25) is 9.79 Å². The van der Waals surface area contributed by atoms with Crippen LogP contribution in [0.5, 0.6) is 0 Å². The van der Waals surface area contributed by atoms with Crippen molar-refractivity contribution in [3.8, 4) is 0 Å². The van der Waals surface area contributed by atoms with Gasteiger partial charge >= 0.3 is 0 Å². The largest absolute Gasteiger partial charge is 0.374 e. The SMILES string of the molecule is NC(=O)CCCCNC1=NCCC1. The van der Waals surface area contributed by atoms with E-state index < -0.39 is 0 Å². The number of nitrogens with one attached hydrogen (secondary N) is 1. The molecule has 1 aliphatic rings. The lowest BCUT2D eigenvalue weighted by Crippen LogP contribution is -2.22. The summed E-state index contributed by atoms with van der Waals surface area (Å²) < 4.78 is 0. The molecular weight excluding hydrogens is 166 g/mol. The van der Waals surface area contributed by atoms with Gasteiger partial charge in [0.2, 0.25) is 5.91 Å². The van der Waals surface area contributed by atoms with Crippen LogP contribution in [0.15, 0.2) is 4.99 Å². The van der Waals surface area contributed by atoms with Crippen LogP contribution >= 0.6 is 0 Å². The third kappa shape index (κ3) is 4.50. The quantitative estimate of drug-likeness (QED) is 0.607. The van der Waals surface area contributed by atoms with Crippen molar-refractivity contribution in [3.63, 3.8) is 0 Å². The van der Waals surface area contributed by atoms with Crippen LogP contribution in [0.25, 0.3) is 0 Å². The van der Waals surface area contributed by atoms with Crippen LogP contribution in [0.2, 0.25) is 0 Å². The number of amidine groups is 1. The maximum absolute atomic E-state index is 10.4. The van der Waals surface area contributed by atoms with Crippen molar-refractivity contribution in [3.05, 3.63) is 0 Å². The lowest BCUT2D eigenvalue weighted by Gasteiger charge is -2.03. The van der Waals surface area contributed by atoms with Crippen molar-refractivity contribution < 1.29 is 4.79 Å². The third-order valence-corrected chi connectivity index (χ3v) is 2.05. The first-order chi connectivity index (χ1) is 6.29. The highest BCUT2D eigenvalue weighted by molar-refractivity contribution is 5.83. The minimum atomic E-state index is -0.210. The highest BCUT2D eigenvalue weighted by Gasteiger charge is 2.04. The molecule has 74 valence electrons. The summed E-state index contributed by atoms with van der Waals surface area (Å²) in [5.74, 6) is 0.914. The molecule has 0 aliphatic carbocycles. The van der Waals surface area contributed by atoms with E-state index in [0.29, 0.717) is 6.42 Å². The maximum atomic E-state index is 10.4. The molecule has 13 heavy (non-hydrogen) atoms. The smallest absolute Gasteiger partial charge is 0.217 e. The highest BCUT2D eigenvalue weighted by atomic mass is 16.1. The molecule has 0 aromatic heterocycles. The molecule has 0 aromatic rings. The Morgan fingerprint density at radius 1 is 1.54 bits per heavy atom. The number of aliphatic imine (C=N–C) groups is 1. The molecule has 1 aliphatic heterocycles. The van der Waals surface area contributed by atoms with Crippen LogP contribution in [0.4, 0.5) is 0 Å². The number of amides is 1. The third-order valence-electron chi connectivity index (χ3n) is 2.05. The summed E-state index contributed by atoms with van der Waals surface area (Å²) in [7, 11) is 0. The van der Waals surface area contributed by atoms with Gasteiger partial charge in [-0.2, -0.15) is 0 Å². The van der Waals surface area contributed by atoms with E-state index in [1.807, 2.05) is 0 Å². The molecule has 4 nitrogen and oxygen atoms in total. The average molecular weight is 183 g/mol. The Kier molecular flexibility index (Phi) is 4.29. The van der Waals surface area contributed by atoms with E-state index in [9.17, 15) is 4.79 Å². The van der Waals surface area contributed by atoms with Gasteiger partial charge in [0.05, 0.1) is 5.84 Å². The lowest BCUT2D eigenvalue weighted by atomic mass is 10.2. The predicted octanol–water partition coefficient (Wildman–Crippen LogP) is 0.424. The van der Waals surface area contributed by atoms with Crippen LogP contribution in [0, 0.1) is 0 Å². The molecule has 0 spiro atoms. The normalized spacial score (nSPS) is 15.5. The van der Waals surface area contributed by atoms with Crippen LogP contribution in [0.3, 0.4) is 0 Å². The van der Waals surface area contributed by atoms with Gasteiger partial charge in [0.25, 0.3) is 0 Å². The Labute approximate surface area is 78.6 Å². The predicted molar refractivity (Wildman–Crippen MR) is 52.6 cm³/mol. The van der Waals surface area contributed by atoms with Gasteiger partial charge in [-0.15, -0.1) is 0 Å². The molecule has 4 heteroatoms. The second-order valence-corrected chi connectivity index (χ2v) is 3.28. The summed E-state index contributed by atoms with van der Waals surface area (Å²) >= 11 is 0. The Balaban J connectivity index is 1.92. The van der Waals surface area contributed by atoms with E-state index in [1.165, 1.54) is 6.42 Å². The molecule has 0 fully saturated rings. The summed E-state index contributed by atoms with van der Waals surface area (Å²) in [5, 5.41) is 3.25. The molecule has 0 saturated carbocycles. The van der Waals surface area contributed by atoms with Crippen molar-refractivity contribution in [1.82, 2.24) is 5.32 Å². The summed E-state index contributed by atoms with van der Waals surface area (Å²) in [6.07, 6.45) is 4.60. The first kappa shape index (κ1) is 10.0. The van der Waals surface area contributed by atoms with Gasteiger partial charge in [-0.25, -0.2) is 0 Å². The number of rotatable bonds is 5. The minimum absolute atomic E-state index is 0.210. The van der Waals surface area contributed by atoms with Crippen molar-refractivity contribution in [1.29, 1.82) is 0 Å². The number of unbranched alkanes of at least 4 members (excludes halogenated alkanes) is 1. The monoisotopic (exact) mass is 183 g/mol. The fourth-order valence-corrected chi connectivity index (χ4v) is 1.34. The van der Waals surface area contributed by atoms with Crippen molar-refractivity contribution in [2.24, 2.45) is 10.7 Å². The van der Waals surface area contributed by atoms with Gasteiger partial charge in [0.1, 0.15) is 0 Å². The average Bonchev–Trinajstić information content (AvgIpc) is 2.55. The second-order valence-electron chi connectivity index (χ2n) is 3.28. The first-order valence-corrected chi connectivity index (χ1v) is 4.84. The van der Waals surface area contributed by atoms with E-state index in [2.05, 4.69) is 10.3 Å². The minimum Gasteiger partial charge on any atom is -0.374 e. The topological polar surface area (TPSA) is 67.5 Å². The van der Waals surface area contributed by atoms with Gasteiger partial charge in [0, 0.05) is 25.9 Å². The molecule has 0 bridgehead atoms. The summed E-state index contributed by atoms with van der Waals surface area (Å²) in [5.41, 5.74) is 5.01. The molecule has 0 aromatic carbocycles. The number of carbonyl (C=O) groups is 1. The molecule has 0 atom stereocenters. The fourth-order valence-electron chi connectivity index (χ4n) is 1.34. The van der Waals surface area contributed by atoms with Crippen molar-refractivity contribution in [2.45, 2.75) is 32.1 Å². The number of hydrogen-bond acceptors (Lipinski definition) is 3. The molecular formula is C9H17N3O. The van der Waals surface area contributed by atoms with Crippen LogP contribution < -0.4 is 11.1 Å². The Bertz CT molecular complexity index is 201. The van der Waals surface area contributed by atoms with E-state index >= 15 is 0 Å². The number of carbonyl (C=O) groups excluding carboxylic acids is 1. The van der Waals surface area contributed by atoms with Gasteiger partial charge in [0.15, 0.2) is 0 Å². The molecule has 0 unspecified atom stereocenters.